The van der Waals surface area contributed by atoms with Crippen LogP contribution < -0.4 is 19.5 Å². The van der Waals surface area contributed by atoms with E-state index in [4.69, 9.17) is 18.9 Å². The van der Waals surface area contributed by atoms with Crippen molar-refractivity contribution < 1.29 is 18.9 Å². The standard InChI is InChI=1S/C29H31N3O4/c1-33-28-20-25-26(31-22-8-10-24(11-9-22)36-23-6-3-2-4-7-23)12-13-30-27(25)21-29(28)35-17-5-14-32-15-18-34-19-16-32/h2-4,6-13,20-21H,5,14-19H2,1H3,(H,30,31). The van der Waals surface area contributed by atoms with Gasteiger partial charge in [-0.2, -0.15) is 0 Å². The zero-order valence-electron chi connectivity index (χ0n) is 20.5. The van der Waals surface area contributed by atoms with Crippen molar-refractivity contribution in [3.8, 4) is 23.0 Å². The molecule has 0 unspecified atom stereocenters. The maximum atomic E-state index is 6.09. The Kier molecular flexibility index (Phi) is 7.80. The monoisotopic (exact) mass is 485 g/mol. The zero-order valence-corrected chi connectivity index (χ0v) is 20.5. The lowest BCUT2D eigenvalue weighted by molar-refractivity contribution is 0.0357. The average Bonchev–Trinajstić information content (AvgIpc) is 2.93. The summed E-state index contributed by atoms with van der Waals surface area (Å²) in [6.07, 6.45) is 2.74. The van der Waals surface area contributed by atoms with Gasteiger partial charge in [0.15, 0.2) is 11.5 Å². The Morgan fingerprint density at radius 3 is 2.47 bits per heavy atom. The number of methoxy groups -OCH3 is 1. The van der Waals surface area contributed by atoms with E-state index in [1.54, 1.807) is 13.3 Å². The molecule has 0 amide bonds. The summed E-state index contributed by atoms with van der Waals surface area (Å²) in [5.74, 6) is 2.99. The lowest BCUT2D eigenvalue weighted by Crippen LogP contribution is -2.37. The third-order valence-corrected chi connectivity index (χ3v) is 6.12. The van der Waals surface area contributed by atoms with Crippen LogP contribution >= 0.6 is 0 Å². The molecule has 0 atom stereocenters. The Hall–Kier alpha value is -3.81. The van der Waals surface area contributed by atoms with E-state index in [9.17, 15) is 0 Å². The van der Waals surface area contributed by atoms with E-state index in [0.29, 0.717) is 18.1 Å². The van der Waals surface area contributed by atoms with Gasteiger partial charge in [0, 0.05) is 48.7 Å². The van der Waals surface area contributed by atoms with Gasteiger partial charge in [-0.15, -0.1) is 0 Å². The normalized spacial score (nSPS) is 13.9. The maximum absolute atomic E-state index is 6.09. The molecule has 36 heavy (non-hydrogen) atoms. The van der Waals surface area contributed by atoms with Gasteiger partial charge >= 0.3 is 0 Å². The first-order valence-corrected chi connectivity index (χ1v) is 12.3. The molecule has 0 saturated carbocycles. The highest BCUT2D eigenvalue weighted by Gasteiger charge is 2.13. The fourth-order valence-corrected chi connectivity index (χ4v) is 4.22. The van der Waals surface area contributed by atoms with Crippen molar-refractivity contribution in [3.63, 3.8) is 0 Å². The second-order valence-corrected chi connectivity index (χ2v) is 8.60. The SMILES string of the molecule is COc1cc2c(Nc3ccc(Oc4ccccc4)cc3)ccnc2cc1OCCCN1CCOCC1. The summed E-state index contributed by atoms with van der Waals surface area (Å²) in [5, 5.41) is 4.45. The summed E-state index contributed by atoms with van der Waals surface area (Å²) in [6, 6.07) is 23.5. The predicted molar refractivity (Wildman–Crippen MR) is 142 cm³/mol. The van der Waals surface area contributed by atoms with Crippen LogP contribution in [0.25, 0.3) is 10.9 Å². The highest BCUT2D eigenvalue weighted by Crippen LogP contribution is 2.36. The van der Waals surface area contributed by atoms with E-state index in [-0.39, 0.29) is 0 Å². The van der Waals surface area contributed by atoms with Gasteiger partial charge < -0.3 is 24.3 Å². The average molecular weight is 486 g/mol. The van der Waals surface area contributed by atoms with E-state index in [0.717, 1.165) is 73.0 Å². The Bertz CT molecular complexity index is 1260. The number of morpholine rings is 1. The van der Waals surface area contributed by atoms with Crippen LogP contribution in [0.1, 0.15) is 6.42 Å². The van der Waals surface area contributed by atoms with Gasteiger partial charge in [0.25, 0.3) is 0 Å². The topological polar surface area (TPSA) is 65.1 Å². The molecule has 5 rings (SSSR count). The number of hydrogen-bond acceptors (Lipinski definition) is 7. The highest BCUT2D eigenvalue weighted by atomic mass is 16.5. The molecular weight excluding hydrogens is 454 g/mol. The number of ether oxygens (including phenoxy) is 4. The summed E-state index contributed by atoms with van der Waals surface area (Å²) in [7, 11) is 1.66. The van der Waals surface area contributed by atoms with Gasteiger partial charge in [0.2, 0.25) is 0 Å². The van der Waals surface area contributed by atoms with Crippen LogP contribution in [-0.4, -0.2) is 56.4 Å². The number of nitrogens with one attached hydrogen (secondary N) is 1. The molecule has 0 spiro atoms. The minimum absolute atomic E-state index is 0.620. The minimum atomic E-state index is 0.620. The lowest BCUT2D eigenvalue weighted by Gasteiger charge is -2.26. The number of benzene rings is 3. The van der Waals surface area contributed by atoms with Crippen LogP contribution in [0.4, 0.5) is 11.4 Å². The molecule has 7 nitrogen and oxygen atoms in total. The van der Waals surface area contributed by atoms with Gasteiger partial charge in [0.1, 0.15) is 11.5 Å². The Morgan fingerprint density at radius 1 is 0.917 bits per heavy atom. The first kappa shape index (κ1) is 23.9. The molecular formula is C29H31N3O4. The Labute approximate surface area is 211 Å². The number of aromatic nitrogens is 1. The molecule has 3 aromatic carbocycles. The first-order chi connectivity index (χ1) is 17.8. The molecule has 7 heteroatoms. The van der Waals surface area contributed by atoms with E-state index in [1.165, 1.54) is 0 Å². The second-order valence-electron chi connectivity index (χ2n) is 8.60. The van der Waals surface area contributed by atoms with E-state index in [1.807, 2.05) is 72.8 Å². The van der Waals surface area contributed by atoms with Crippen molar-refractivity contribution in [2.45, 2.75) is 6.42 Å². The van der Waals surface area contributed by atoms with Gasteiger partial charge in [-0.25, -0.2) is 0 Å². The van der Waals surface area contributed by atoms with E-state index in [2.05, 4.69) is 15.2 Å². The van der Waals surface area contributed by atoms with Crippen LogP contribution in [-0.2, 0) is 4.74 Å². The Balaban J connectivity index is 1.25. The summed E-state index contributed by atoms with van der Waals surface area (Å²) in [6.45, 7) is 5.22. The van der Waals surface area contributed by atoms with Gasteiger partial charge in [-0.1, -0.05) is 18.2 Å². The molecule has 4 aromatic rings. The fourth-order valence-electron chi connectivity index (χ4n) is 4.22. The van der Waals surface area contributed by atoms with Crippen LogP contribution in [0.5, 0.6) is 23.0 Å². The van der Waals surface area contributed by atoms with Gasteiger partial charge in [-0.05, 0) is 55.0 Å². The number of nitrogens with zero attached hydrogens (tertiary/aromatic N) is 2. The minimum Gasteiger partial charge on any atom is -0.493 e. The van der Waals surface area contributed by atoms with Gasteiger partial charge in [0.05, 0.1) is 32.4 Å². The number of anilines is 2. The molecule has 1 aromatic heterocycles. The third kappa shape index (κ3) is 6.05. The van der Waals surface area contributed by atoms with Crippen LogP contribution in [0.3, 0.4) is 0 Å². The van der Waals surface area contributed by atoms with Crippen molar-refractivity contribution in [3.05, 3.63) is 79.0 Å². The van der Waals surface area contributed by atoms with Crippen LogP contribution in [0.2, 0.25) is 0 Å². The molecule has 1 saturated heterocycles. The van der Waals surface area contributed by atoms with Crippen LogP contribution in [0, 0.1) is 0 Å². The molecule has 0 aliphatic carbocycles. The summed E-state index contributed by atoms with van der Waals surface area (Å²) in [5.41, 5.74) is 2.73. The van der Waals surface area contributed by atoms with Crippen molar-refractivity contribution in [1.82, 2.24) is 9.88 Å². The molecule has 1 fully saturated rings. The van der Waals surface area contributed by atoms with Crippen molar-refractivity contribution in [1.29, 1.82) is 0 Å². The Morgan fingerprint density at radius 2 is 1.69 bits per heavy atom. The van der Waals surface area contributed by atoms with E-state index >= 15 is 0 Å². The number of para-hydroxylation sites is 1. The third-order valence-electron chi connectivity index (χ3n) is 6.12. The number of hydrogen-bond donors (Lipinski definition) is 1. The number of pyridine rings is 1. The number of rotatable bonds is 10. The quantitative estimate of drug-likeness (QED) is 0.281. The highest BCUT2D eigenvalue weighted by molar-refractivity contribution is 5.95. The maximum Gasteiger partial charge on any atom is 0.163 e. The molecule has 1 aliphatic heterocycles. The molecule has 0 radical (unpaired) electrons. The van der Waals surface area contributed by atoms with E-state index < -0.39 is 0 Å². The summed E-state index contributed by atoms with van der Waals surface area (Å²) in [4.78, 5) is 6.97. The predicted octanol–water partition coefficient (Wildman–Crippen LogP) is 5.88. The van der Waals surface area contributed by atoms with Crippen molar-refractivity contribution in [2.75, 3.05) is 51.9 Å². The second kappa shape index (κ2) is 11.7. The smallest absolute Gasteiger partial charge is 0.163 e. The molecule has 2 heterocycles. The fraction of sp³-hybridized carbons (Fsp3) is 0.276. The van der Waals surface area contributed by atoms with Crippen LogP contribution in [0.15, 0.2) is 79.0 Å². The molecule has 0 bridgehead atoms. The molecule has 1 N–H and O–H groups in total. The largest absolute Gasteiger partial charge is 0.493 e. The summed E-state index contributed by atoms with van der Waals surface area (Å²) < 4.78 is 23.1. The molecule has 1 aliphatic rings. The van der Waals surface area contributed by atoms with Gasteiger partial charge in [-0.3, -0.25) is 9.88 Å². The van der Waals surface area contributed by atoms with Crippen molar-refractivity contribution in [2.24, 2.45) is 0 Å². The zero-order chi connectivity index (χ0) is 24.6. The number of fused-ring (bicyclic) bond motifs is 1. The first-order valence-electron chi connectivity index (χ1n) is 12.3. The lowest BCUT2D eigenvalue weighted by atomic mass is 10.1. The molecule has 186 valence electrons. The summed E-state index contributed by atoms with van der Waals surface area (Å²) >= 11 is 0. The van der Waals surface area contributed by atoms with Crippen molar-refractivity contribution >= 4 is 22.3 Å².